The monoisotopic (exact) mass is 298 g/mol. The van der Waals surface area contributed by atoms with Crippen LogP contribution in [-0.4, -0.2) is 26.6 Å². The Morgan fingerprint density at radius 3 is 2.91 bits per heavy atom. The molecule has 0 saturated carbocycles. The number of hydrogen-bond acceptors (Lipinski definition) is 4. The van der Waals surface area contributed by atoms with Gasteiger partial charge in [0.05, 0.1) is 28.2 Å². The van der Waals surface area contributed by atoms with Gasteiger partial charge in [-0.1, -0.05) is 18.7 Å². The maximum atomic E-state index is 10.6. The number of nitrogens with one attached hydrogen (secondary N) is 3. The van der Waals surface area contributed by atoms with E-state index < -0.39 is 0 Å². The second kappa shape index (κ2) is 6.57. The first-order chi connectivity index (χ1) is 10.6. The number of amides is 1. The first-order valence-electron chi connectivity index (χ1n) is 6.68. The van der Waals surface area contributed by atoms with Gasteiger partial charge in [-0.3, -0.25) is 9.89 Å². The molecule has 0 aliphatic carbocycles. The molecule has 0 unspecified atom stereocenters. The summed E-state index contributed by atoms with van der Waals surface area (Å²) in [5.41, 5.74) is 8.02. The third-order valence-corrected chi connectivity index (χ3v) is 3.21. The van der Waals surface area contributed by atoms with Gasteiger partial charge in [0.25, 0.3) is 0 Å². The Kier molecular flexibility index (Phi) is 4.57. The molecule has 22 heavy (non-hydrogen) atoms. The van der Waals surface area contributed by atoms with Crippen LogP contribution in [0.1, 0.15) is 25.2 Å². The van der Waals surface area contributed by atoms with Crippen LogP contribution in [0.2, 0.25) is 0 Å². The van der Waals surface area contributed by atoms with Crippen molar-refractivity contribution in [3.05, 3.63) is 40.9 Å². The molecule has 0 aromatic carbocycles. The zero-order valence-electron chi connectivity index (χ0n) is 12.5. The lowest BCUT2D eigenvalue weighted by atomic mass is 10.1. The minimum absolute atomic E-state index is 0.443. The van der Waals surface area contributed by atoms with Gasteiger partial charge in [-0.05, 0) is 19.9 Å². The van der Waals surface area contributed by atoms with Crippen LogP contribution in [-0.2, 0) is 4.79 Å². The molecule has 5 N–H and O–H groups in total. The summed E-state index contributed by atoms with van der Waals surface area (Å²) in [4.78, 5) is 18.3. The summed E-state index contributed by atoms with van der Waals surface area (Å²) < 4.78 is 0. The largest absolute Gasteiger partial charge is 0.398 e. The summed E-state index contributed by atoms with van der Waals surface area (Å²) in [6, 6.07) is 0. The van der Waals surface area contributed by atoms with E-state index in [9.17, 15) is 4.79 Å². The summed E-state index contributed by atoms with van der Waals surface area (Å²) >= 11 is 0. The standard InChI is InChI=1S/C15H18N6O/c1-4-6-12-11(5-2)19-14(20-12)9(3)13(16)10-7-18-21-15(10)17-8-22/h4-8H,1,16H2,2-3H3,(H,19,20)(H2,17,18,21,22)/b11-5+,12-6+,13-9-. The van der Waals surface area contributed by atoms with Crippen LogP contribution in [0.15, 0.2) is 18.9 Å². The van der Waals surface area contributed by atoms with Crippen LogP contribution in [0, 0.1) is 0 Å². The molecule has 2 heterocycles. The van der Waals surface area contributed by atoms with Gasteiger partial charge in [0.1, 0.15) is 11.6 Å². The number of H-pyrrole nitrogens is 2. The lowest BCUT2D eigenvalue weighted by Gasteiger charge is -2.05. The second-order valence-electron chi connectivity index (χ2n) is 4.53. The van der Waals surface area contributed by atoms with Gasteiger partial charge in [0.15, 0.2) is 0 Å². The molecule has 0 fully saturated rings. The normalized spacial score (nSPS) is 13.9. The smallest absolute Gasteiger partial charge is 0.212 e. The topological polar surface area (TPSA) is 112 Å². The van der Waals surface area contributed by atoms with Crippen molar-refractivity contribution < 1.29 is 4.79 Å². The highest BCUT2D eigenvalue weighted by molar-refractivity contribution is 5.91. The van der Waals surface area contributed by atoms with E-state index in [2.05, 4.69) is 32.1 Å². The molecule has 2 rings (SSSR count). The first kappa shape index (κ1) is 15.3. The van der Waals surface area contributed by atoms with Gasteiger partial charge in [-0.15, -0.1) is 0 Å². The molecule has 0 radical (unpaired) electrons. The molecule has 2 aromatic heterocycles. The van der Waals surface area contributed by atoms with Crippen molar-refractivity contribution in [1.29, 1.82) is 0 Å². The van der Waals surface area contributed by atoms with E-state index in [0.717, 1.165) is 16.3 Å². The Labute approximate surface area is 127 Å². The Balaban J connectivity index is 2.56. The number of carbonyl (C=O) groups is 1. The predicted octanol–water partition coefficient (Wildman–Crippen LogP) is 0.315. The molecule has 0 saturated heterocycles. The summed E-state index contributed by atoms with van der Waals surface area (Å²) in [6.45, 7) is 7.44. The fourth-order valence-corrected chi connectivity index (χ4v) is 2.03. The second-order valence-corrected chi connectivity index (χ2v) is 4.53. The lowest BCUT2D eigenvalue weighted by Crippen LogP contribution is -2.23. The van der Waals surface area contributed by atoms with Crippen molar-refractivity contribution in [1.82, 2.24) is 20.2 Å². The van der Waals surface area contributed by atoms with Gasteiger partial charge >= 0.3 is 0 Å². The van der Waals surface area contributed by atoms with Crippen LogP contribution in [0.4, 0.5) is 5.82 Å². The maximum Gasteiger partial charge on any atom is 0.212 e. The van der Waals surface area contributed by atoms with Crippen LogP contribution in [0.25, 0.3) is 23.4 Å². The molecule has 2 aromatic rings. The number of imidazole rings is 1. The van der Waals surface area contributed by atoms with E-state index in [1.165, 1.54) is 0 Å². The summed E-state index contributed by atoms with van der Waals surface area (Å²) in [6.07, 6.45) is 7.54. The Bertz CT molecular complexity index is 840. The molecule has 0 atom stereocenters. The molecule has 0 spiro atoms. The lowest BCUT2D eigenvalue weighted by molar-refractivity contribution is -0.105. The number of aromatic nitrogens is 4. The SMILES string of the molecule is C=C/C=c1/[nH]c(/C(C)=C(\N)c2cn[nH]c2NC=O)n/c1=C/C. The van der Waals surface area contributed by atoms with Crippen molar-refractivity contribution in [3.63, 3.8) is 0 Å². The number of carbonyl (C=O) groups excluding carboxylic acids is 1. The number of aromatic amines is 2. The van der Waals surface area contributed by atoms with Crippen molar-refractivity contribution in [2.24, 2.45) is 5.73 Å². The van der Waals surface area contributed by atoms with Gasteiger partial charge in [-0.25, -0.2) is 4.98 Å². The number of allylic oxidation sites excluding steroid dienone is 2. The van der Waals surface area contributed by atoms with Gasteiger partial charge in [-0.2, -0.15) is 5.10 Å². The van der Waals surface area contributed by atoms with Gasteiger partial charge in [0.2, 0.25) is 6.41 Å². The Morgan fingerprint density at radius 2 is 2.27 bits per heavy atom. The highest BCUT2D eigenvalue weighted by atomic mass is 16.1. The van der Waals surface area contributed by atoms with E-state index in [1.807, 2.05) is 26.0 Å². The molecule has 114 valence electrons. The van der Waals surface area contributed by atoms with Crippen LogP contribution in [0.5, 0.6) is 0 Å². The predicted molar refractivity (Wildman–Crippen MR) is 87.6 cm³/mol. The first-order valence-corrected chi connectivity index (χ1v) is 6.68. The molecule has 0 aliphatic heterocycles. The fraction of sp³-hybridized carbons (Fsp3) is 0.133. The number of nitrogens with two attached hydrogens (primary N) is 1. The zero-order chi connectivity index (χ0) is 16.1. The molecular formula is C15H18N6O. The van der Waals surface area contributed by atoms with Crippen molar-refractivity contribution in [3.8, 4) is 0 Å². The quantitative estimate of drug-likeness (QED) is 0.595. The maximum absolute atomic E-state index is 10.6. The molecule has 0 bridgehead atoms. The molecule has 1 amide bonds. The van der Waals surface area contributed by atoms with Crippen LogP contribution < -0.4 is 21.7 Å². The van der Waals surface area contributed by atoms with E-state index in [0.29, 0.717) is 29.3 Å². The highest BCUT2D eigenvalue weighted by Crippen LogP contribution is 2.23. The summed E-state index contributed by atoms with van der Waals surface area (Å²) in [7, 11) is 0. The minimum atomic E-state index is 0.443. The summed E-state index contributed by atoms with van der Waals surface area (Å²) in [5, 5.41) is 10.8. The van der Waals surface area contributed by atoms with E-state index >= 15 is 0 Å². The number of nitrogens with zero attached hydrogens (tertiary/aromatic N) is 2. The van der Waals surface area contributed by atoms with Crippen molar-refractivity contribution in [2.45, 2.75) is 13.8 Å². The van der Waals surface area contributed by atoms with Crippen molar-refractivity contribution in [2.75, 3.05) is 5.32 Å². The number of hydrogen-bond donors (Lipinski definition) is 4. The summed E-state index contributed by atoms with van der Waals surface area (Å²) in [5.74, 6) is 1.09. The highest BCUT2D eigenvalue weighted by Gasteiger charge is 2.12. The minimum Gasteiger partial charge on any atom is -0.398 e. The average molecular weight is 298 g/mol. The molecule has 7 nitrogen and oxygen atoms in total. The van der Waals surface area contributed by atoms with Crippen molar-refractivity contribution >= 4 is 35.7 Å². The van der Waals surface area contributed by atoms with Gasteiger partial charge < -0.3 is 16.0 Å². The third kappa shape index (κ3) is 2.83. The number of rotatable bonds is 5. The van der Waals surface area contributed by atoms with E-state index in [-0.39, 0.29) is 0 Å². The van der Waals surface area contributed by atoms with Crippen LogP contribution >= 0.6 is 0 Å². The molecule has 0 aliphatic rings. The fourth-order valence-electron chi connectivity index (χ4n) is 2.03. The zero-order valence-corrected chi connectivity index (χ0v) is 12.5. The Morgan fingerprint density at radius 1 is 1.50 bits per heavy atom. The third-order valence-electron chi connectivity index (χ3n) is 3.21. The number of anilines is 1. The van der Waals surface area contributed by atoms with E-state index in [1.54, 1.807) is 12.3 Å². The van der Waals surface area contributed by atoms with E-state index in [4.69, 9.17) is 5.73 Å². The molecular weight excluding hydrogens is 280 g/mol. The van der Waals surface area contributed by atoms with Gasteiger partial charge in [0, 0.05) is 5.57 Å². The van der Waals surface area contributed by atoms with Crippen LogP contribution in [0.3, 0.4) is 0 Å². The average Bonchev–Trinajstić information content (AvgIpc) is 3.13. The molecule has 7 heteroatoms. The Hall–Kier alpha value is -3.09.